The third kappa shape index (κ3) is 15.8. The molecule has 0 aliphatic carbocycles. The van der Waals surface area contributed by atoms with Crippen LogP contribution in [0.4, 0.5) is 5.69 Å². The van der Waals surface area contributed by atoms with E-state index in [2.05, 4.69) is 41.7 Å². The molecule has 1 heterocycles. The number of fused-ring (bicyclic) bond motifs is 1. The third-order valence-electron chi connectivity index (χ3n) is 8.26. The summed E-state index contributed by atoms with van der Waals surface area (Å²) in [4.78, 5) is 10.1. The van der Waals surface area contributed by atoms with Crippen molar-refractivity contribution in [1.29, 1.82) is 0 Å². The summed E-state index contributed by atoms with van der Waals surface area (Å²) < 4.78 is 11.2. The van der Waals surface area contributed by atoms with Crippen LogP contribution in [0.5, 0.6) is 5.75 Å². The maximum Gasteiger partial charge on any atom is 1.00 e. The van der Waals surface area contributed by atoms with E-state index in [9.17, 15) is 10.1 Å². The standard InChI is InChI=1S/C36H58BN3O4S.K/c1-4-7-10-11-12-13-14-15-16-17-20-30-27-31(35(41)34(28-30)40(23-8-5-2)24-9-6-3)29-44-37(42)43-25-26-45-36-38-32-21-18-19-22-33(32)39-36;/h18-19,21-22,27-28,41-42H,4-17,20,23-26,29H2,1-3H3,(H,38,39);/q;+1/p-1. The van der Waals surface area contributed by atoms with Crippen molar-refractivity contribution in [2.75, 3.05) is 30.3 Å². The molecule has 3 rings (SSSR count). The quantitative estimate of drug-likeness (QED) is 0.0629. The molecule has 0 radical (unpaired) electrons. The van der Waals surface area contributed by atoms with Gasteiger partial charge in [-0.1, -0.05) is 127 Å². The minimum Gasteiger partial charge on any atom is -0.871 e. The monoisotopic (exact) mass is 677 g/mol. The number of anilines is 1. The fourth-order valence-corrected chi connectivity index (χ4v) is 6.30. The molecule has 0 aliphatic rings. The number of hydrogen-bond acceptors (Lipinski definition) is 7. The first-order valence-electron chi connectivity index (χ1n) is 17.6. The van der Waals surface area contributed by atoms with Crippen LogP contribution in [0, 0.1) is 0 Å². The molecule has 3 aromatic rings. The number of H-pyrrole nitrogens is 1. The van der Waals surface area contributed by atoms with Crippen molar-refractivity contribution in [2.45, 2.75) is 129 Å². The molecule has 0 amide bonds. The van der Waals surface area contributed by atoms with Gasteiger partial charge in [0.05, 0.1) is 17.6 Å². The zero-order valence-electron chi connectivity index (χ0n) is 29.2. The number of thioether (sulfide) groups is 1. The Morgan fingerprint density at radius 3 is 2.13 bits per heavy atom. The number of nitrogens with zero attached hydrogens (tertiary/aromatic N) is 2. The van der Waals surface area contributed by atoms with Gasteiger partial charge in [0.2, 0.25) is 0 Å². The summed E-state index contributed by atoms with van der Waals surface area (Å²) in [7, 11) is -1.40. The molecule has 0 unspecified atom stereocenters. The number of nitrogens with one attached hydrogen (secondary N) is 1. The van der Waals surface area contributed by atoms with E-state index in [0.717, 1.165) is 73.5 Å². The predicted molar refractivity (Wildman–Crippen MR) is 189 cm³/mol. The second-order valence-corrected chi connectivity index (χ2v) is 13.2. The molecule has 2 N–H and O–H groups in total. The van der Waals surface area contributed by atoms with Crippen molar-refractivity contribution in [3.8, 4) is 5.75 Å². The molecule has 0 bridgehead atoms. The predicted octanol–water partition coefficient (Wildman–Crippen LogP) is 5.81. The molecule has 7 nitrogen and oxygen atoms in total. The molecule has 46 heavy (non-hydrogen) atoms. The maximum atomic E-state index is 13.7. The van der Waals surface area contributed by atoms with Crippen LogP contribution >= 0.6 is 11.8 Å². The molecule has 0 aliphatic heterocycles. The van der Waals surface area contributed by atoms with Crippen LogP contribution < -0.4 is 61.4 Å². The fraction of sp³-hybridized carbons (Fsp3) is 0.639. The van der Waals surface area contributed by atoms with Gasteiger partial charge in [0.15, 0.2) is 5.16 Å². The number of unbranched alkanes of at least 4 members (excludes halogenated alkanes) is 11. The average Bonchev–Trinajstić information content (AvgIpc) is 3.47. The van der Waals surface area contributed by atoms with Crippen LogP contribution in [0.2, 0.25) is 0 Å². The summed E-state index contributed by atoms with van der Waals surface area (Å²) in [5.41, 5.74) is 4.47. The molecule has 2 aromatic carbocycles. The number of para-hydroxylation sites is 2. The van der Waals surface area contributed by atoms with Crippen LogP contribution in [0.3, 0.4) is 0 Å². The van der Waals surface area contributed by atoms with Gasteiger partial charge in [0.25, 0.3) is 0 Å². The number of hydrogen-bond donors (Lipinski definition) is 2. The minimum atomic E-state index is -1.40. The Bertz CT molecular complexity index is 1180. The van der Waals surface area contributed by atoms with Gasteiger partial charge in [-0.25, -0.2) is 4.98 Å². The van der Waals surface area contributed by atoms with Gasteiger partial charge in [-0.3, -0.25) is 0 Å². The van der Waals surface area contributed by atoms with E-state index in [1.54, 1.807) is 0 Å². The third-order valence-corrected chi connectivity index (χ3v) is 9.10. The Kier molecular flexibility index (Phi) is 23.0. The number of aromatic nitrogens is 2. The zero-order valence-corrected chi connectivity index (χ0v) is 33.1. The van der Waals surface area contributed by atoms with Crippen molar-refractivity contribution in [2.24, 2.45) is 0 Å². The Hall–Kier alpha value is -0.559. The summed E-state index contributed by atoms with van der Waals surface area (Å²) in [5.74, 6) is 0.608. The van der Waals surface area contributed by atoms with Gasteiger partial charge in [-0.05, 0) is 55.0 Å². The van der Waals surface area contributed by atoms with Crippen molar-refractivity contribution < 1.29 is 70.8 Å². The van der Waals surface area contributed by atoms with Gasteiger partial charge in [0, 0.05) is 31.1 Å². The Morgan fingerprint density at radius 1 is 0.848 bits per heavy atom. The van der Waals surface area contributed by atoms with Crippen molar-refractivity contribution in [3.05, 3.63) is 47.5 Å². The van der Waals surface area contributed by atoms with E-state index in [4.69, 9.17) is 9.31 Å². The topological polar surface area (TPSA) is 93.7 Å². The Morgan fingerprint density at radius 2 is 1.48 bits per heavy atom. The first-order chi connectivity index (χ1) is 22.0. The molecule has 0 fully saturated rings. The minimum absolute atomic E-state index is 0. The number of imidazole rings is 1. The number of aromatic amines is 1. The van der Waals surface area contributed by atoms with Gasteiger partial charge >= 0.3 is 58.7 Å². The molecule has 1 aromatic heterocycles. The van der Waals surface area contributed by atoms with E-state index in [-0.39, 0.29) is 63.7 Å². The zero-order chi connectivity index (χ0) is 32.1. The molecule has 0 spiro atoms. The van der Waals surface area contributed by atoms with Gasteiger partial charge in [0.1, 0.15) is 0 Å². The van der Waals surface area contributed by atoms with Crippen LogP contribution in [-0.2, 0) is 22.3 Å². The first-order valence-corrected chi connectivity index (χ1v) is 18.6. The smallest absolute Gasteiger partial charge is 0.871 e. The average molecular weight is 678 g/mol. The van der Waals surface area contributed by atoms with Crippen LogP contribution in [0.1, 0.15) is 122 Å². The Labute approximate surface area is 326 Å². The SMILES string of the molecule is CCCCCCCCCCCCc1cc(COB(O)OCCSc2nc3ccccc3[nH]2)c([O-])c(N(CCCC)CCCC)c1.[K+]. The van der Waals surface area contributed by atoms with E-state index >= 15 is 0 Å². The second-order valence-electron chi connectivity index (χ2n) is 12.1. The molecule has 0 saturated carbocycles. The normalized spacial score (nSPS) is 11.2. The number of rotatable bonds is 26. The van der Waals surface area contributed by atoms with E-state index in [1.165, 1.54) is 75.1 Å². The van der Waals surface area contributed by atoms with Crippen LogP contribution in [0.15, 0.2) is 41.6 Å². The summed E-state index contributed by atoms with van der Waals surface area (Å²) in [5, 5.41) is 24.9. The largest absolute Gasteiger partial charge is 1.00 e. The van der Waals surface area contributed by atoms with Crippen molar-refractivity contribution in [1.82, 2.24) is 9.97 Å². The first kappa shape index (κ1) is 41.6. The molecular weight excluding hydrogens is 620 g/mol. The van der Waals surface area contributed by atoms with E-state index in [1.807, 2.05) is 30.3 Å². The summed E-state index contributed by atoms with van der Waals surface area (Å²) in [6.45, 7) is 8.71. The number of benzene rings is 2. The van der Waals surface area contributed by atoms with E-state index in [0.29, 0.717) is 17.9 Å². The van der Waals surface area contributed by atoms with Crippen LogP contribution in [-0.4, -0.2) is 47.8 Å². The number of aryl methyl sites for hydroxylation is 1. The Balaban J connectivity index is 0.00000736. The summed E-state index contributed by atoms with van der Waals surface area (Å²) in [6.07, 6.45) is 18.2. The molecule has 10 heteroatoms. The van der Waals surface area contributed by atoms with Crippen LogP contribution in [0.25, 0.3) is 11.0 Å². The van der Waals surface area contributed by atoms with Gasteiger partial charge in [-0.15, -0.1) is 0 Å². The summed E-state index contributed by atoms with van der Waals surface area (Å²) in [6, 6.07) is 12.0. The maximum absolute atomic E-state index is 13.7. The second kappa shape index (κ2) is 25.4. The molecule has 0 atom stereocenters. The molecular formula is C36H57BKN3O4S. The summed E-state index contributed by atoms with van der Waals surface area (Å²) >= 11 is 1.53. The molecule has 250 valence electrons. The van der Waals surface area contributed by atoms with E-state index < -0.39 is 7.32 Å². The fourth-order valence-electron chi connectivity index (χ4n) is 5.58. The van der Waals surface area contributed by atoms with Gasteiger partial charge < -0.3 is 29.3 Å². The molecule has 0 saturated heterocycles. The van der Waals surface area contributed by atoms with Crippen molar-refractivity contribution in [3.63, 3.8) is 0 Å². The van der Waals surface area contributed by atoms with Crippen molar-refractivity contribution >= 4 is 35.8 Å². The van der Waals surface area contributed by atoms with Gasteiger partial charge in [-0.2, -0.15) is 0 Å².